The minimum Gasteiger partial charge on any atom is -0.237 e. The highest BCUT2D eigenvalue weighted by Gasteiger charge is 2.24. The minimum absolute atomic E-state index is 1.03. The van der Waals surface area contributed by atoms with E-state index in [9.17, 15) is 0 Å². The molecule has 0 atom stereocenters. The first kappa shape index (κ1) is 27.3. The van der Waals surface area contributed by atoms with Crippen molar-refractivity contribution in [2.75, 3.05) is 0 Å². The molecule has 0 bridgehead atoms. The number of benzene rings is 8. The van der Waals surface area contributed by atoms with E-state index < -0.39 is 0 Å². The van der Waals surface area contributed by atoms with Gasteiger partial charge in [0.2, 0.25) is 0 Å². The van der Waals surface area contributed by atoms with Gasteiger partial charge in [0.15, 0.2) is 0 Å². The van der Waals surface area contributed by atoms with Crippen molar-refractivity contribution in [3.05, 3.63) is 169 Å². The van der Waals surface area contributed by atoms with Gasteiger partial charge >= 0.3 is 0 Å². The van der Waals surface area contributed by atoms with E-state index in [1.165, 1.54) is 76.5 Å². The summed E-state index contributed by atoms with van der Waals surface area (Å²) in [5.41, 5.74) is 10.7. The fourth-order valence-electron chi connectivity index (χ4n) is 7.81. The molecule has 0 fully saturated rings. The Morgan fingerprint density at radius 1 is 0.340 bits per heavy atom. The van der Waals surface area contributed by atoms with Crippen molar-refractivity contribution in [2.24, 2.45) is 0 Å². The first-order chi connectivity index (χ1) is 23.2. The molecule has 0 N–H and O–H groups in total. The van der Waals surface area contributed by atoms with E-state index >= 15 is 0 Å². The Kier molecular flexibility index (Phi) is 6.29. The van der Waals surface area contributed by atoms with E-state index in [0.29, 0.717) is 0 Å². The summed E-state index contributed by atoms with van der Waals surface area (Å²) in [6, 6.07) is 57.1. The zero-order valence-electron chi connectivity index (χ0n) is 26.4. The lowest BCUT2D eigenvalue weighted by Gasteiger charge is -2.22. The van der Waals surface area contributed by atoms with Crippen molar-refractivity contribution in [2.45, 2.75) is 13.8 Å². The molecular weight excluding hydrogens is 569 g/mol. The molecule has 0 aliphatic heterocycles. The van der Waals surface area contributed by atoms with Crippen LogP contribution in [0.25, 0.3) is 82.2 Å². The quantitative estimate of drug-likeness (QED) is 0.184. The summed E-state index contributed by atoms with van der Waals surface area (Å²) in [6.07, 6.45) is 0. The fraction of sp³-hybridized carbons (Fsp3) is 0.0444. The number of nitrogens with zero attached hydrogens (tertiary/aromatic N) is 2. The van der Waals surface area contributed by atoms with E-state index in [1.807, 2.05) is 0 Å². The van der Waals surface area contributed by atoms with Crippen molar-refractivity contribution in [1.29, 1.82) is 0 Å². The molecule has 47 heavy (non-hydrogen) atoms. The Labute approximate surface area is 274 Å². The molecule has 0 amide bonds. The Hall–Kier alpha value is -5.99. The first-order valence-electron chi connectivity index (χ1n) is 16.3. The van der Waals surface area contributed by atoms with Crippen molar-refractivity contribution >= 4 is 43.1 Å². The Morgan fingerprint density at radius 3 is 1.06 bits per heavy atom. The van der Waals surface area contributed by atoms with Crippen molar-refractivity contribution < 1.29 is 0 Å². The van der Waals surface area contributed by atoms with Gasteiger partial charge in [-0.2, -0.15) is 5.10 Å². The van der Waals surface area contributed by atoms with Crippen molar-refractivity contribution in [3.63, 3.8) is 0 Å². The van der Waals surface area contributed by atoms with Crippen LogP contribution in [-0.2, 0) is 0 Å². The van der Waals surface area contributed by atoms with Crippen LogP contribution in [0.3, 0.4) is 0 Å². The zero-order valence-corrected chi connectivity index (χ0v) is 26.4. The molecule has 9 aromatic rings. The van der Waals surface area contributed by atoms with Gasteiger partial charge in [0.05, 0.1) is 11.4 Å². The highest BCUT2D eigenvalue weighted by atomic mass is 15.3. The van der Waals surface area contributed by atoms with Gasteiger partial charge in [-0.3, -0.25) is 0 Å². The predicted molar refractivity (Wildman–Crippen MR) is 199 cm³/mol. The third-order valence-corrected chi connectivity index (χ3v) is 9.72. The van der Waals surface area contributed by atoms with Gasteiger partial charge in [-0.25, -0.2) is 4.68 Å². The zero-order chi connectivity index (χ0) is 31.5. The fourth-order valence-corrected chi connectivity index (χ4v) is 7.81. The molecule has 0 aliphatic carbocycles. The standard InChI is InChI=1S/C45H32N2/c1-29-41(30(2)47(46-29)32-19-7-4-8-20-32)43-37-25-13-15-27-39(37)45(40-28-16-14-26-38(40)43)44-35-23-11-9-21-33(35)42(31-17-5-3-6-18-31)34-22-10-12-24-36(34)44/h3-28H,1-2H3. The lowest BCUT2D eigenvalue weighted by molar-refractivity contribution is 0.834. The predicted octanol–water partition coefficient (Wildman–Crippen LogP) is 12.1. The summed E-state index contributed by atoms with van der Waals surface area (Å²) < 4.78 is 2.09. The molecule has 0 spiro atoms. The highest BCUT2D eigenvalue weighted by Crippen LogP contribution is 2.50. The minimum atomic E-state index is 1.03. The van der Waals surface area contributed by atoms with E-state index in [0.717, 1.165) is 17.1 Å². The molecule has 0 saturated carbocycles. The van der Waals surface area contributed by atoms with Crippen LogP contribution in [0.4, 0.5) is 0 Å². The molecule has 0 radical (unpaired) electrons. The Balaban J connectivity index is 1.45. The summed E-state index contributed by atoms with van der Waals surface area (Å²) in [5, 5.41) is 15.1. The van der Waals surface area contributed by atoms with Crippen molar-refractivity contribution in [1.82, 2.24) is 9.78 Å². The summed E-state index contributed by atoms with van der Waals surface area (Å²) in [5.74, 6) is 0. The molecule has 222 valence electrons. The van der Waals surface area contributed by atoms with Crippen LogP contribution >= 0.6 is 0 Å². The van der Waals surface area contributed by atoms with Crippen molar-refractivity contribution in [3.8, 4) is 39.1 Å². The maximum absolute atomic E-state index is 5.09. The van der Waals surface area contributed by atoms with Gasteiger partial charge in [0.25, 0.3) is 0 Å². The molecular formula is C45H32N2. The monoisotopic (exact) mass is 600 g/mol. The summed E-state index contributed by atoms with van der Waals surface area (Å²) in [6.45, 7) is 4.34. The van der Waals surface area contributed by atoms with Crippen LogP contribution in [-0.4, -0.2) is 9.78 Å². The van der Waals surface area contributed by atoms with Gasteiger partial charge in [-0.1, -0.05) is 146 Å². The molecule has 8 aromatic carbocycles. The Bertz CT molecular complexity index is 2520. The number of rotatable bonds is 4. The van der Waals surface area contributed by atoms with Crippen LogP contribution in [0.15, 0.2) is 158 Å². The van der Waals surface area contributed by atoms with Gasteiger partial charge in [-0.05, 0) is 91.3 Å². The SMILES string of the molecule is Cc1nn(-c2ccccc2)c(C)c1-c1c2ccccc2c(-c2c3ccccc3c(-c3ccccc3)c3ccccc23)c2ccccc12. The smallest absolute Gasteiger partial charge is 0.0679 e. The average Bonchev–Trinajstić information content (AvgIpc) is 3.43. The van der Waals surface area contributed by atoms with Crippen LogP contribution < -0.4 is 0 Å². The van der Waals surface area contributed by atoms with Crippen LogP contribution in [0.1, 0.15) is 11.4 Å². The lowest BCUT2D eigenvalue weighted by atomic mass is 9.81. The second kappa shape index (κ2) is 10.8. The van der Waals surface area contributed by atoms with E-state index in [4.69, 9.17) is 5.10 Å². The molecule has 1 aromatic heterocycles. The van der Waals surface area contributed by atoms with Gasteiger partial charge < -0.3 is 0 Å². The number of hydrogen-bond acceptors (Lipinski definition) is 1. The van der Waals surface area contributed by atoms with Crippen LogP contribution in [0.5, 0.6) is 0 Å². The maximum atomic E-state index is 5.09. The average molecular weight is 601 g/mol. The normalized spacial score (nSPS) is 11.6. The summed E-state index contributed by atoms with van der Waals surface area (Å²) >= 11 is 0. The molecule has 0 aliphatic rings. The molecule has 9 rings (SSSR count). The number of para-hydroxylation sites is 1. The van der Waals surface area contributed by atoms with E-state index in [-0.39, 0.29) is 0 Å². The van der Waals surface area contributed by atoms with Gasteiger partial charge in [0, 0.05) is 16.8 Å². The summed E-state index contributed by atoms with van der Waals surface area (Å²) in [7, 11) is 0. The van der Waals surface area contributed by atoms with Crippen LogP contribution in [0, 0.1) is 13.8 Å². The molecule has 2 nitrogen and oxygen atoms in total. The largest absolute Gasteiger partial charge is 0.237 e. The topological polar surface area (TPSA) is 17.8 Å². The number of fused-ring (bicyclic) bond motifs is 4. The lowest BCUT2D eigenvalue weighted by Crippen LogP contribution is -1.99. The molecule has 1 heterocycles. The second-order valence-electron chi connectivity index (χ2n) is 12.3. The van der Waals surface area contributed by atoms with E-state index in [2.05, 4.69) is 176 Å². The molecule has 2 heteroatoms. The molecule has 0 unspecified atom stereocenters. The first-order valence-corrected chi connectivity index (χ1v) is 16.3. The number of hydrogen-bond donors (Lipinski definition) is 0. The third kappa shape index (κ3) is 4.15. The number of aryl methyl sites for hydroxylation is 1. The second-order valence-corrected chi connectivity index (χ2v) is 12.3. The Morgan fingerprint density at radius 2 is 0.660 bits per heavy atom. The van der Waals surface area contributed by atoms with Crippen LogP contribution in [0.2, 0.25) is 0 Å². The molecule has 0 saturated heterocycles. The number of aromatic nitrogens is 2. The third-order valence-electron chi connectivity index (χ3n) is 9.72. The van der Waals surface area contributed by atoms with Gasteiger partial charge in [-0.15, -0.1) is 0 Å². The highest BCUT2D eigenvalue weighted by molar-refractivity contribution is 6.30. The summed E-state index contributed by atoms with van der Waals surface area (Å²) in [4.78, 5) is 0. The van der Waals surface area contributed by atoms with Gasteiger partial charge in [0.1, 0.15) is 0 Å². The van der Waals surface area contributed by atoms with E-state index in [1.54, 1.807) is 0 Å². The maximum Gasteiger partial charge on any atom is 0.0679 e.